The van der Waals surface area contributed by atoms with Gasteiger partial charge in [-0.1, -0.05) is 6.07 Å². The number of carbonyl (C=O) groups excluding carboxylic acids is 1. The number of benzene rings is 1. The van der Waals surface area contributed by atoms with Crippen LogP contribution in [0.5, 0.6) is 0 Å². The Bertz CT molecular complexity index is 511. The minimum absolute atomic E-state index is 0. The number of hydrogen-bond acceptors (Lipinski definition) is 2. The fourth-order valence-corrected chi connectivity index (χ4v) is 3.53. The fourth-order valence-electron chi connectivity index (χ4n) is 3.53. The number of hydrogen-bond donors (Lipinski definition) is 2. The van der Waals surface area contributed by atoms with Crippen LogP contribution in [0.2, 0.25) is 0 Å². The van der Waals surface area contributed by atoms with Gasteiger partial charge in [-0.05, 0) is 56.2 Å². The third-order valence-corrected chi connectivity index (χ3v) is 4.52. The lowest BCUT2D eigenvalue weighted by molar-refractivity contribution is -0.117. The molecule has 3 nitrogen and oxygen atoms in total. The van der Waals surface area contributed by atoms with Crippen molar-refractivity contribution >= 4 is 24.0 Å². The number of halogens is 2. The van der Waals surface area contributed by atoms with E-state index in [4.69, 9.17) is 0 Å². The average molecular weight is 313 g/mol. The maximum absolute atomic E-state index is 13.2. The molecule has 1 aromatic carbocycles. The van der Waals surface area contributed by atoms with E-state index in [1.54, 1.807) is 6.07 Å². The highest BCUT2D eigenvalue weighted by atomic mass is 35.5. The highest BCUT2D eigenvalue weighted by molar-refractivity contribution is 5.91. The van der Waals surface area contributed by atoms with Crippen molar-refractivity contribution in [1.29, 1.82) is 0 Å². The van der Waals surface area contributed by atoms with Gasteiger partial charge < -0.3 is 10.6 Å². The smallest absolute Gasteiger partial charge is 0.224 e. The van der Waals surface area contributed by atoms with Crippen LogP contribution in [0.15, 0.2) is 18.2 Å². The van der Waals surface area contributed by atoms with Crippen LogP contribution in [-0.2, 0) is 4.79 Å². The standard InChI is InChI=1S/C16H21FN2O.ClH/c1-10-2-3-12(17)9-15(10)19-16(20)8-11-6-13-4-5-14(7-11)18-13;/h2-3,9,11,13-14,18H,4-8H2,1H3,(H,19,20);1H. The minimum atomic E-state index is -0.314. The third-order valence-electron chi connectivity index (χ3n) is 4.52. The highest BCUT2D eigenvalue weighted by Gasteiger charge is 2.34. The van der Waals surface area contributed by atoms with Gasteiger partial charge in [0, 0.05) is 24.2 Å². The Labute approximate surface area is 131 Å². The molecule has 0 saturated carbocycles. The summed E-state index contributed by atoms with van der Waals surface area (Å²) in [4.78, 5) is 12.1. The van der Waals surface area contributed by atoms with Crippen LogP contribution in [0.25, 0.3) is 0 Å². The predicted octanol–water partition coefficient (Wildman–Crippen LogP) is 3.42. The number of amides is 1. The predicted molar refractivity (Wildman–Crippen MR) is 84.3 cm³/mol. The van der Waals surface area contributed by atoms with Gasteiger partial charge in [-0.2, -0.15) is 0 Å². The number of anilines is 1. The molecular weight excluding hydrogens is 291 g/mol. The lowest BCUT2D eigenvalue weighted by Gasteiger charge is -2.28. The zero-order chi connectivity index (χ0) is 14.1. The van der Waals surface area contributed by atoms with Crippen LogP contribution < -0.4 is 10.6 Å². The first-order chi connectivity index (χ1) is 9.60. The van der Waals surface area contributed by atoms with Crippen LogP contribution in [0, 0.1) is 18.7 Å². The van der Waals surface area contributed by atoms with Crippen molar-refractivity contribution in [1.82, 2.24) is 5.32 Å². The summed E-state index contributed by atoms with van der Waals surface area (Å²) in [5.41, 5.74) is 1.48. The summed E-state index contributed by atoms with van der Waals surface area (Å²) in [7, 11) is 0. The molecule has 2 N–H and O–H groups in total. The summed E-state index contributed by atoms with van der Waals surface area (Å²) in [6.07, 6.45) is 5.21. The molecule has 2 unspecified atom stereocenters. The molecule has 2 aliphatic heterocycles. The van der Waals surface area contributed by atoms with Crippen LogP contribution in [0.3, 0.4) is 0 Å². The van der Waals surface area contributed by atoms with E-state index < -0.39 is 0 Å². The van der Waals surface area contributed by atoms with Crippen LogP contribution >= 0.6 is 12.4 Å². The summed E-state index contributed by atoms with van der Waals surface area (Å²) >= 11 is 0. The zero-order valence-electron chi connectivity index (χ0n) is 12.2. The Kier molecular flexibility index (Phi) is 5.22. The number of aryl methyl sites for hydroxylation is 1. The van der Waals surface area contributed by atoms with Gasteiger partial charge in [0.15, 0.2) is 0 Å². The number of nitrogens with one attached hydrogen (secondary N) is 2. The molecule has 5 heteroatoms. The summed E-state index contributed by atoms with van der Waals surface area (Å²) < 4.78 is 13.2. The largest absolute Gasteiger partial charge is 0.326 e. The van der Waals surface area contributed by atoms with E-state index in [1.165, 1.54) is 25.0 Å². The molecule has 1 amide bonds. The second-order valence-electron chi connectivity index (χ2n) is 6.19. The molecule has 2 aliphatic rings. The lowest BCUT2D eigenvalue weighted by atomic mass is 9.89. The molecule has 2 fully saturated rings. The summed E-state index contributed by atoms with van der Waals surface area (Å²) in [6, 6.07) is 5.69. The van der Waals surface area contributed by atoms with Crippen LogP contribution in [-0.4, -0.2) is 18.0 Å². The molecule has 3 rings (SSSR count). The van der Waals surface area contributed by atoms with Crippen LogP contribution in [0.4, 0.5) is 10.1 Å². The van der Waals surface area contributed by atoms with Crippen molar-refractivity contribution < 1.29 is 9.18 Å². The average Bonchev–Trinajstić information content (AvgIpc) is 2.73. The number of piperidine rings is 1. The molecule has 0 aliphatic carbocycles. The second-order valence-corrected chi connectivity index (χ2v) is 6.19. The Hall–Kier alpha value is -1.13. The highest BCUT2D eigenvalue weighted by Crippen LogP contribution is 2.32. The molecular formula is C16H22ClFN2O. The maximum atomic E-state index is 13.2. The van der Waals surface area contributed by atoms with Gasteiger partial charge in [0.05, 0.1) is 0 Å². The molecule has 2 heterocycles. The van der Waals surface area contributed by atoms with E-state index in [-0.39, 0.29) is 24.1 Å². The Balaban J connectivity index is 0.00000161. The van der Waals surface area contributed by atoms with Gasteiger partial charge in [0.25, 0.3) is 0 Å². The van der Waals surface area contributed by atoms with Gasteiger partial charge in [0.1, 0.15) is 5.82 Å². The van der Waals surface area contributed by atoms with E-state index in [0.717, 1.165) is 18.4 Å². The van der Waals surface area contributed by atoms with Crippen molar-refractivity contribution in [2.45, 2.75) is 51.1 Å². The summed E-state index contributed by atoms with van der Waals surface area (Å²) in [5, 5.41) is 6.43. The van der Waals surface area contributed by atoms with Gasteiger partial charge in [-0.15, -0.1) is 12.4 Å². The van der Waals surface area contributed by atoms with E-state index in [0.29, 0.717) is 30.1 Å². The van der Waals surface area contributed by atoms with Crippen molar-refractivity contribution in [3.05, 3.63) is 29.6 Å². The molecule has 21 heavy (non-hydrogen) atoms. The van der Waals surface area contributed by atoms with Crippen molar-refractivity contribution in [2.75, 3.05) is 5.32 Å². The Morgan fingerprint density at radius 3 is 2.67 bits per heavy atom. The third kappa shape index (κ3) is 3.95. The molecule has 1 aromatic rings. The molecule has 2 atom stereocenters. The number of fused-ring (bicyclic) bond motifs is 2. The first-order valence-electron chi connectivity index (χ1n) is 7.42. The monoisotopic (exact) mass is 312 g/mol. The van der Waals surface area contributed by atoms with Gasteiger partial charge in [0.2, 0.25) is 5.91 Å². The molecule has 0 spiro atoms. The first-order valence-corrected chi connectivity index (χ1v) is 7.42. The van der Waals surface area contributed by atoms with Gasteiger partial charge >= 0.3 is 0 Å². The quantitative estimate of drug-likeness (QED) is 0.898. The van der Waals surface area contributed by atoms with E-state index in [2.05, 4.69) is 10.6 Å². The number of rotatable bonds is 3. The van der Waals surface area contributed by atoms with E-state index in [9.17, 15) is 9.18 Å². The fraction of sp³-hybridized carbons (Fsp3) is 0.562. The molecule has 0 aromatic heterocycles. The van der Waals surface area contributed by atoms with Gasteiger partial charge in [-0.25, -0.2) is 4.39 Å². The topological polar surface area (TPSA) is 41.1 Å². The zero-order valence-corrected chi connectivity index (χ0v) is 13.0. The molecule has 0 radical (unpaired) electrons. The minimum Gasteiger partial charge on any atom is -0.326 e. The van der Waals surface area contributed by atoms with E-state index in [1.807, 2.05) is 6.92 Å². The SMILES string of the molecule is Cc1ccc(F)cc1NC(=O)CC1CC2CCC(C1)N2.Cl. The van der Waals surface area contributed by atoms with Gasteiger partial charge in [-0.3, -0.25) is 4.79 Å². The van der Waals surface area contributed by atoms with Crippen molar-refractivity contribution in [3.8, 4) is 0 Å². The van der Waals surface area contributed by atoms with Crippen molar-refractivity contribution in [2.24, 2.45) is 5.92 Å². The summed E-state index contributed by atoms with van der Waals surface area (Å²) in [6.45, 7) is 1.87. The molecule has 2 bridgehead atoms. The summed E-state index contributed by atoms with van der Waals surface area (Å²) in [5.74, 6) is 0.151. The van der Waals surface area contributed by atoms with E-state index >= 15 is 0 Å². The van der Waals surface area contributed by atoms with Crippen molar-refractivity contribution in [3.63, 3.8) is 0 Å². The maximum Gasteiger partial charge on any atom is 0.224 e. The second kappa shape index (κ2) is 6.75. The Morgan fingerprint density at radius 2 is 2.00 bits per heavy atom. The Morgan fingerprint density at radius 1 is 1.33 bits per heavy atom. The molecule has 2 saturated heterocycles. The van der Waals surface area contributed by atoms with Crippen LogP contribution in [0.1, 0.15) is 37.7 Å². The number of carbonyl (C=O) groups is 1. The first kappa shape index (κ1) is 16.2. The normalized spacial score (nSPS) is 27.0. The lowest BCUT2D eigenvalue weighted by Crippen LogP contribution is -2.39. The molecule has 116 valence electrons.